The number of aromatic hydroxyl groups is 1. The minimum absolute atomic E-state index is 0.0638. The number of nitrogens with zero attached hydrogens (tertiary/aromatic N) is 2. The molecule has 0 fully saturated rings. The number of aliphatic imine (C=N–C) groups is 1. The molecule has 3 aromatic rings. The average molecular weight is 382 g/mol. The van der Waals surface area contributed by atoms with E-state index in [-0.39, 0.29) is 11.6 Å². The van der Waals surface area contributed by atoms with E-state index in [0.29, 0.717) is 8.83 Å². The molecule has 1 aliphatic heterocycles. The second kappa shape index (κ2) is 6.63. The normalized spacial score (nSPS) is 14.2. The molecular formula is C20H15FN2OS2. The van der Waals surface area contributed by atoms with Crippen LogP contribution < -0.4 is 0 Å². The van der Waals surface area contributed by atoms with E-state index in [9.17, 15) is 9.50 Å². The first-order chi connectivity index (χ1) is 12.6. The lowest BCUT2D eigenvalue weighted by molar-refractivity contribution is 0.438. The SMILES string of the molecule is CCc1cccc2c1N=CC2=Cc1sc(=S)n(-c2ccccc2F)c1O. The van der Waals surface area contributed by atoms with Crippen molar-refractivity contribution in [2.75, 3.05) is 0 Å². The number of aryl methyl sites for hydroxylation is 1. The van der Waals surface area contributed by atoms with Crippen LogP contribution in [-0.2, 0) is 6.42 Å². The van der Waals surface area contributed by atoms with Crippen molar-refractivity contribution in [3.8, 4) is 11.6 Å². The van der Waals surface area contributed by atoms with Gasteiger partial charge in [-0.05, 0) is 42.4 Å². The molecule has 26 heavy (non-hydrogen) atoms. The number of halogens is 1. The molecule has 130 valence electrons. The Hall–Kier alpha value is -2.57. The molecule has 1 N–H and O–H groups in total. The topological polar surface area (TPSA) is 37.5 Å². The third-order valence-electron chi connectivity index (χ3n) is 4.34. The van der Waals surface area contributed by atoms with Crippen LogP contribution in [-0.4, -0.2) is 15.9 Å². The first-order valence-corrected chi connectivity index (χ1v) is 9.40. The van der Waals surface area contributed by atoms with Crippen molar-refractivity contribution >= 4 is 47.1 Å². The zero-order valence-electron chi connectivity index (χ0n) is 13.9. The average Bonchev–Trinajstić information content (AvgIpc) is 3.17. The van der Waals surface area contributed by atoms with Crippen LogP contribution in [0.2, 0.25) is 0 Å². The van der Waals surface area contributed by atoms with E-state index in [1.165, 1.54) is 27.5 Å². The van der Waals surface area contributed by atoms with E-state index >= 15 is 0 Å². The van der Waals surface area contributed by atoms with Crippen molar-refractivity contribution in [2.45, 2.75) is 13.3 Å². The molecule has 0 saturated heterocycles. The van der Waals surface area contributed by atoms with Gasteiger partial charge >= 0.3 is 0 Å². The van der Waals surface area contributed by atoms with Crippen LogP contribution in [0.5, 0.6) is 5.88 Å². The van der Waals surface area contributed by atoms with Gasteiger partial charge in [0, 0.05) is 17.4 Å². The highest BCUT2D eigenvalue weighted by Crippen LogP contribution is 2.38. The van der Waals surface area contributed by atoms with Gasteiger partial charge in [-0.3, -0.25) is 9.56 Å². The van der Waals surface area contributed by atoms with Crippen LogP contribution in [0.15, 0.2) is 47.5 Å². The van der Waals surface area contributed by atoms with E-state index in [2.05, 4.69) is 18.0 Å². The molecule has 2 heterocycles. The molecule has 0 saturated carbocycles. The van der Waals surface area contributed by atoms with Crippen molar-refractivity contribution in [3.05, 3.63) is 68.2 Å². The Morgan fingerprint density at radius 2 is 2.04 bits per heavy atom. The zero-order valence-corrected chi connectivity index (χ0v) is 15.6. The number of fused-ring (bicyclic) bond motifs is 1. The van der Waals surface area contributed by atoms with Gasteiger partial charge in [-0.2, -0.15) is 0 Å². The highest BCUT2D eigenvalue weighted by molar-refractivity contribution is 7.73. The maximum absolute atomic E-state index is 14.1. The summed E-state index contributed by atoms with van der Waals surface area (Å²) in [6, 6.07) is 12.3. The van der Waals surface area contributed by atoms with Crippen molar-refractivity contribution < 1.29 is 9.50 Å². The molecule has 0 spiro atoms. The van der Waals surface area contributed by atoms with Crippen LogP contribution in [0.25, 0.3) is 17.3 Å². The summed E-state index contributed by atoms with van der Waals surface area (Å²) in [7, 11) is 0. The summed E-state index contributed by atoms with van der Waals surface area (Å²) in [6.45, 7) is 2.10. The summed E-state index contributed by atoms with van der Waals surface area (Å²) in [6.07, 6.45) is 4.54. The summed E-state index contributed by atoms with van der Waals surface area (Å²) in [5.41, 5.74) is 4.33. The minimum atomic E-state index is -0.434. The van der Waals surface area contributed by atoms with Gasteiger partial charge in [-0.1, -0.05) is 37.3 Å². The van der Waals surface area contributed by atoms with Crippen LogP contribution >= 0.6 is 23.6 Å². The Bertz CT molecular complexity index is 1130. The molecule has 0 amide bonds. The maximum Gasteiger partial charge on any atom is 0.215 e. The summed E-state index contributed by atoms with van der Waals surface area (Å²) < 4.78 is 15.9. The van der Waals surface area contributed by atoms with Crippen LogP contribution in [0.3, 0.4) is 0 Å². The summed E-state index contributed by atoms with van der Waals surface area (Å²) in [5, 5.41) is 10.6. The van der Waals surface area contributed by atoms with Gasteiger partial charge in [-0.15, -0.1) is 11.3 Å². The second-order valence-electron chi connectivity index (χ2n) is 5.87. The van der Waals surface area contributed by atoms with Crippen molar-refractivity contribution in [1.82, 2.24) is 4.57 Å². The molecule has 2 aromatic carbocycles. The van der Waals surface area contributed by atoms with Crippen LogP contribution in [0.1, 0.15) is 22.9 Å². The molecule has 3 nitrogen and oxygen atoms in total. The van der Waals surface area contributed by atoms with E-state index < -0.39 is 5.82 Å². The molecule has 0 radical (unpaired) electrons. The number of thiazole rings is 1. The Balaban J connectivity index is 1.83. The van der Waals surface area contributed by atoms with Crippen molar-refractivity contribution in [1.29, 1.82) is 0 Å². The highest BCUT2D eigenvalue weighted by Gasteiger charge is 2.18. The number of allylic oxidation sites excluding steroid dienone is 1. The van der Waals surface area contributed by atoms with E-state index in [1.54, 1.807) is 24.4 Å². The first kappa shape index (κ1) is 16.9. The van der Waals surface area contributed by atoms with Crippen molar-refractivity contribution in [2.24, 2.45) is 4.99 Å². The number of aromatic nitrogens is 1. The number of rotatable bonds is 3. The molecule has 0 atom stereocenters. The van der Waals surface area contributed by atoms with E-state index in [0.717, 1.165) is 23.2 Å². The standard InChI is InChI=1S/C20H15FN2OS2/c1-2-12-6-5-7-14-13(11-22-18(12)14)10-17-19(24)23(20(25)26-17)16-9-4-3-8-15(16)21/h3-11,24H,2H2,1H3. The van der Waals surface area contributed by atoms with Gasteiger partial charge in [0.25, 0.3) is 0 Å². The minimum Gasteiger partial charge on any atom is -0.493 e. The predicted molar refractivity (Wildman–Crippen MR) is 108 cm³/mol. The molecule has 1 aliphatic rings. The van der Waals surface area contributed by atoms with Crippen LogP contribution in [0.4, 0.5) is 10.1 Å². The highest BCUT2D eigenvalue weighted by atomic mass is 32.1. The number of hydrogen-bond acceptors (Lipinski definition) is 4. The van der Waals surface area contributed by atoms with Crippen molar-refractivity contribution in [3.63, 3.8) is 0 Å². The molecule has 0 bridgehead atoms. The van der Waals surface area contributed by atoms with Gasteiger partial charge < -0.3 is 5.11 Å². The van der Waals surface area contributed by atoms with Gasteiger partial charge in [0.2, 0.25) is 5.88 Å². The number of benzene rings is 2. The quantitative estimate of drug-likeness (QED) is 0.570. The fourth-order valence-corrected chi connectivity index (χ4v) is 4.33. The smallest absolute Gasteiger partial charge is 0.215 e. The molecule has 6 heteroatoms. The van der Waals surface area contributed by atoms with Gasteiger partial charge in [0.05, 0.1) is 16.3 Å². The Morgan fingerprint density at radius 3 is 2.81 bits per heavy atom. The summed E-state index contributed by atoms with van der Waals surface area (Å²) in [5.74, 6) is -0.498. The van der Waals surface area contributed by atoms with E-state index in [4.69, 9.17) is 12.2 Å². The largest absolute Gasteiger partial charge is 0.493 e. The summed E-state index contributed by atoms with van der Waals surface area (Å²) in [4.78, 5) is 5.09. The van der Waals surface area contributed by atoms with Gasteiger partial charge in [-0.25, -0.2) is 4.39 Å². The molecule has 0 unspecified atom stereocenters. The van der Waals surface area contributed by atoms with Gasteiger partial charge in [0.15, 0.2) is 3.95 Å². The zero-order chi connectivity index (χ0) is 18.3. The second-order valence-corrected chi connectivity index (χ2v) is 7.54. The maximum atomic E-state index is 14.1. The summed E-state index contributed by atoms with van der Waals surface area (Å²) >= 11 is 6.59. The number of hydrogen-bond donors (Lipinski definition) is 1. The Morgan fingerprint density at radius 1 is 1.23 bits per heavy atom. The fraction of sp³-hybridized carbons (Fsp3) is 0.100. The van der Waals surface area contributed by atoms with Gasteiger partial charge in [0.1, 0.15) is 5.82 Å². The lowest BCUT2D eigenvalue weighted by Gasteiger charge is -2.06. The molecule has 0 aliphatic carbocycles. The lowest BCUT2D eigenvalue weighted by atomic mass is 10.0. The third kappa shape index (κ3) is 2.71. The Kier molecular flexibility index (Phi) is 4.30. The lowest BCUT2D eigenvalue weighted by Crippen LogP contribution is -1.96. The monoisotopic (exact) mass is 382 g/mol. The third-order valence-corrected chi connectivity index (χ3v) is 5.65. The van der Waals surface area contributed by atoms with E-state index in [1.807, 2.05) is 18.2 Å². The molecule has 1 aromatic heterocycles. The number of para-hydroxylation sites is 2. The Labute approximate surface area is 159 Å². The van der Waals surface area contributed by atoms with Crippen LogP contribution in [0, 0.1) is 9.77 Å². The molecular weight excluding hydrogens is 367 g/mol. The predicted octanol–water partition coefficient (Wildman–Crippen LogP) is 5.93. The first-order valence-electron chi connectivity index (χ1n) is 8.18. The molecule has 4 rings (SSSR count). The fourth-order valence-electron chi connectivity index (χ4n) is 3.04.